The molecule has 11 nitrogen and oxygen atoms in total. The van der Waals surface area contributed by atoms with Crippen LogP contribution < -0.4 is 5.73 Å². The Morgan fingerprint density at radius 2 is 1.57 bits per heavy atom. The summed E-state index contributed by atoms with van der Waals surface area (Å²) in [4.78, 5) is 0. The number of aliphatic hydroxyl groups excluding tert-OH is 6. The van der Waals surface area contributed by atoms with Crippen LogP contribution in [-0.4, -0.2) is 110 Å². The van der Waals surface area contributed by atoms with Gasteiger partial charge in [0.2, 0.25) is 5.79 Å². The quantitative estimate of drug-likeness (QED) is 0.238. The fourth-order valence-electron chi connectivity index (χ4n) is 2.67. The van der Waals surface area contributed by atoms with Gasteiger partial charge in [-0.05, 0) is 0 Å². The molecule has 0 aromatic carbocycles. The van der Waals surface area contributed by atoms with Gasteiger partial charge >= 0.3 is 0 Å². The summed E-state index contributed by atoms with van der Waals surface area (Å²) in [5.74, 6) is -2.15. The Morgan fingerprint density at radius 1 is 0.957 bits per heavy atom. The molecule has 2 heterocycles. The minimum atomic E-state index is -2.15. The van der Waals surface area contributed by atoms with E-state index in [0.717, 1.165) is 0 Å². The van der Waals surface area contributed by atoms with Crippen molar-refractivity contribution in [3.63, 3.8) is 0 Å². The smallest absolute Gasteiger partial charge is 0.207 e. The van der Waals surface area contributed by atoms with E-state index in [9.17, 15) is 30.6 Å². The van der Waals surface area contributed by atoms with Gasteiger partial charge in [0.25, 0.3) is 0 Å². The van der Waals surface area contributed by atoms with Crippen LogP contribution in [0.4, 0.5) is 0 Å². The highest BCUT2D eigenvalue weighted by Gasteiger charge is 2.56. The summed E-state index contributed by atoms with van der Waals surface area (Å²) in [6.07, 6.45) is -11.8. The lowest BCUT2D eigenvalue weighted by atomic mass is 9.99. The van der Waals surface area contributed by atoms with Crippen molar-refractivity contribution in [2.24, 2.45) is 5.73 Å². The zero-order chi connectivity index (χ0) is 17.4. The minimum absolute atomic E-state index is 0.473. The summed E-state index contributed by atoms with van der Waals surface area (Å²) in [5, 5.41) is 67.7. The van der Waals surface area contributed by atoms with Crippen molar-refractivity contribution in [3.05, 3.63) is 0 Å². The Kier molecular flexibility index (Phi) is 5.92. The highest BCUT2D eigenvalue weighted by Crippen LogP contribution is 2.33. The van der Waals surface area contributed by atoms with E-state index in [2.05, 4.69) is 0 Å². The van der Waals surface area contributed by atoms with Gasteiger partial charge in [-0.25, -0.2) is 0 Å². The Balaban J connectivity index is 2.13. The van der Waals surface area contributed by atoms with Gasteiger partial charge in [0.15, 0.2) is 6.29 Å². The van der Waals surface area contributed by atoms with Crippen molar-refractivity contribution in [2.75, 3.05) is 19.8 Å². The van der Waals surface area contributed by atoms with Crippen LogP contribution in [0.15, 0.2) is 0 Å². The molecule has 0 saturated carbocycles. The summed E-state index contributed by atoms with van der Waals surface area (Å²) in [7, 11) is 0. The Bertz CT molecular complexity index is 398. The zero-order valence-electron chi connectivity index (χ0n) is 12.2. The molecule has 0 spiro atoms. The second-order valence-corrected chi connectivity index (χ2v) is 5.63. The first-order valence-electron chi connectivity index (χ1n) is 7.14. The fourth-order valence-corrected chi connectivity index (χ4v) is 2.67. The van der Waals surface area contributed by atoms with Gasteiger partial charge in [0.1, 0.15) is 42.7 Å². The van der Waals surface area contributed by atoms with Crippen LogP contribution in [0, 0.1) is 0 Å². The van der Waals surface area contributed by atoms with Crippen molar-refractivity contribution in [2.45, 2.75) is 54.8 Å². The molecule has 1 unspecified atom stereocenters. The third kappa shape index (κ3) is 3.36. The van der Waals surface area contributed by atoms with Crippen molar-refractivity contribution < 1.29 is 50.0 Å². The molecule has 11 heteroatoms. The molecule has 2 saturated heterocycles. The molecule has 136 valence electrons. The van der Waals surface area contributed by atoms with E-state index in [0.29, 0.717) is 0 Å². The third-order valence-corrected chi connectivity index (χ3v) is 4.11. The molecule has 0 radical (unpaired) electrons. The summed E-state index contributed by atoms with van der Waals surface area (Å²) < 4.78 is 15.5. The summed E-state index contributed by atoms with van der Waals surface area (Å²) in [6.45, 7) is -1.74. The molecule has 0 aromatic rings. The van der Waals surface area contributed by atoms with Gasteiger partial charge in [-0.2, -0.15) is 0 Å². The van der Waals surface area contributed by atoms with E-state index in [1.807, 2.05) is 0 Å². The maximum atomic E-state index is 10.1. The average Bonchev–Trinajstić information content (AvgIpc) is 2.80. The van der Waals surface area contributed by atoms with Crippen LogP contribution in [0.3, 0.4) is 0 Å². The Morgan fingerprint density at radius 3 is 2.09 bits per heavy atom. The zero-order valence-corrected chi connectivity index (χ0v) is 12.2. The first kappa shape index (κ1) is 18.9. The largest absolute Gasteiger partial charge is 0.394 e. The van der Waals surface area contributed by atoms with Crippen LogP contribution in [0.5, 0.6) is 0 Å². The van der Waals surface area contributed by atoms with Crippen molar-refractivity contribution in [3.8, 4) is 0 Å². The van der Waals surface area contributed by atoms with Crippen molar-refractivity contribution >= 4 is 0 Å². The van der Waals surface area contributed by atoms with Crippen LogP contribution >= 0.6 is 0 Å². The second-order valence-electron chi connectivity index (χ2n) is 5.63. The van der Waals surface area contributed by atoms with Gasteiger partial charge in [0, 0.05) is 6.54 Å². The molecule has 9 N–H and O–H groups in total. The number of hydrogen-bond acceptors (Lipinski definition) is 11. The highest BCUT2D eigenvalue weighted by atomic mass is 16.7. The molecule has 0 aromatic heterocycles. The maximum Gasteiger partial charge on any atom is 0.207 e. The number of ether oxygens (including phenoxy) is 3. The summed E-state index contributed by atoms with van der Waals surface area (Å²) >= 11 is 0. The fraction of sp³-hybridized carbons (Fsp3) is 1.00. The Labute approximate surface area is 131 Å². The normalized spacial score (nSPS) is 51.1. The monoisotopic (exact) mass is 341 g/mol. The molecular weight excluding hydrogens is 318 g/mol. The number of rotatable bonds is 5. The lowest BCUT2D eigenvalue weighted by Crippen LogP contribution is -2.61. The third-order valence-electron chi connectivity index (χ3n) is 4.11. The van der Waals surface area contributed by atoms with Crippen LogP contribution in [0.2, 0.25) is 0 Å². The molecule has 2 fully saturated rings. The SMILES string of the molecule is NCC1(O)O[C@H](CO)[C@@H](O[C@@H]2O[C@H](CO)[C@H](O)[C@H](O)[C@H]2O)[C@@H]1O. The number of aliphatic hydroxyl groups is 7. The minimum Gasteiger partial charge on any atom is -0.394 e. The van der Waals surface area contributed by atoms with Crippen LogP contribution in [0.25, 0.3) is 0 Å². The number of nitrogens with two attached hydrogens (primary N) is 1. The predicted octanol–water partition coefficient (Wildman–Crippen LogP) is -5.43. The van der Waals surface area contributed by atoms with Crippen molar-refractivity contribution in [1.29, 1.82) is 0 Å². The molecule has 0 bridgehead atoms. The molecule has 0 aliphatic carbocycles. The summed E-state index contributed by atoms with van der Waals surface area (Å²) in [6, 6.07) is 0. The van der Waals surface area contributed by atoms with E-state index in [4.69, 9.17) is 25.1 Å². The van der Waals surface area contributed by atoms with Crippen molar-refractivity contribution in [1.82, 2.24) is 0 Å². The van der Waals surface area contributed by atoms with Gasteiger partial charge in [-0.15, -0.1) is 0 Å². The summed E-state index contributed by atoms with van der Waals surface area (Å²) in [5.41, 5.74) is 5.32. The van der Waals surface area contributed by atoms with E-state index >= 15 is 0 Å². The molecule has 2 aliphatic heterocycles. The lowest BCUT2D eigenvalue weighted by molar-refractivity contribution is -0.318. The molecule has 0 amide bonds. The van der Waals surface area contributed by atoms with E-state index in [-0.39, 0.29) is 0 Å². The van der Waals surface area contributed by atoms with Gasteiger partial charge < -0.3 is 55.7 Å². The molecular formula is C12H23NO10. The molecule has 2 rings (SSSR count). The topological polar surface area (TPSA) is 195 Å². The highest BCUT2D eigenvalue weighted by molar-refractivity contribution is 4.98. The lowest BCUT2D eigenvalue weighted by Gasteiger charge is -2.41. The van der Waals surface area contributed by atoms with E-state index in [1.165, 1.54) is 0 Å². The Hall–Kier alpha value is -0.440. The average molecular weight is 341 g/mol. The van der Waals surface area contributed by atoms with E-state index < -0.39 is 74.6 Å². The number of hydrogen-bond donors (Lipinski definition) is 8. The molecule has 2 aliphatic rings. The van der Waals surface area contributed by atoms with Gasteiger partial charge in [0.05, 0.1) is 13.2 Å². The predicted molar refractivity (Wildman–Crippen MR) is 70.6 cm³/mol. The molecule has 23 heavy (non-hydrogen) atoms. The van der Waals surface area contributed by atoms with Gasteiger partial charge in [-0.1, -0.05) is 0 Å². The van der Waals surface area contributed by atoms with Crippen LogP contribution in [-0.2, 0) is 14.2 Å². The van der Waals surface area contributed by atoms with Crippen LogP contribution in [0.1, 0.15) is 0 Å². The standard InChI is InChI=1S/C12H23NO10/c13-3-12(20)10(19)9(5(2-15)23-12)22-11-8(18)7(17)6(16)4(1-14)21-11/h4-11,14-20H,1-3,13H2/t4-,5-,6+,7+,8-,9-,10+,11+,12?/m1/s1. The first-order valence-corrected chi connectivity index (χ1v) is 7.14. The first-order chi connectivity index (χ1) is 10.8. The molecule has 9 atom stereocenters. The maximum absolute atomic E-state index is 10.1. The van der Waals surface area contributed by atoms with E-state index in [1.54, 1.807) is 0 Å². The second kappa shape index (κ2) is 7.21. The van der Waals surface area contributed by atoms with Gasteiger partial charge in [-0.3, -0.25) is 0 Å².